The molecule has 2 heteroatoms. The highest BCUT2D eigenvalue weighted by Gasteiger charge is 2.37. The van der Waals surface area contributed by atoms with E-state index in [0.717, 1.165) is 12.3 Å². The van der Waals surface area contributed by atoms with E-state index >= 15 is 0 Å². The lowest BCUT2D eigenvalue weighted by Gasteiger charge is -2.26. The summed E-state index contributed by atoms with van der Waals surface area (Å²) in [5, 5.41) is 3.48. The molecule has 1 heterocycles. The van der Waals surface area contributed by atoms with E-state index in [1.54, 1.807) is 7.11 Å². The summed E-state index contributed by atoms with van der Waals surface area (Å²) in [4.78, 5) is 0. The Morgan fingerprint density at radius 2 is 1.67 bits per heavy atom. The minimum Gasteiger partial charge on any atom is -0.496 e. The van der Waals surface area contributed by atoms with E-state index in [2.05, 4.69) is 48.6 Å². The molecule has 0 aliphatic carbocycles. The van der Waals surface area contributed by atoms with E-state index in [1.165, 1.54) is 16.8 Å². The van der Waals surface area contributed by atoms with E-state index in [0.29, 0.717) is 0 Å². The molecule has 0 aromatic heterocycles. The molecular weight excluding hydrogens is 222 g/mol. The lowest BCUT2D eigenvalue weighted by Crippen LogP contribution is -2.26. The first-order valence-corrected chi connectivity index (χ1v) is 6.22. The molecule has 92 valence electrons. The maximum atomic E-state index is 5.51. The zero-order chi connectivity index (χ0) is 12.6. The second kappa shape index (κ2) is 4.05. The van der Waals surface area contributed by atoms with Crippen LogP contribution in [0.2, 0.25) is 0 Å². The first-order chi connectivity index (χ1) is 8.75. The third-order valence-electron chi connectivity index (χ3n) is 3.86. The van der Waals surface area contributed by atoms with Crippen molar-refractivity contribution in [2.45, 2.75) is 12.3 Å². The minimum absolute atomic E-state index is 0.0246. The lowest BCUT2D eigenvalue weighted by atomic mass is 9.77. The molecule has 18 heavy (non-hydrogen) atoms. The molecule has 1 aliphatic heterocycles. The molecule has 3 rings (SSSR count). The Balaban J connectivity index is 2.17. The second-order valence-corrected chi connectivity index (χ2v) is 4.93. The molecule has 0 saturated heterocycles. The van der Waals surface area contributed by atoms with Crippen LogP contribution in [-0.2, 0) is 5.41 Å². The summed E-state index contributed by atoms with van der Waals surface area (Å²) in [5.41, 5.74) is 3.79. The van der Waals surface area contributed by atoms with E-state index in [-0.39, 0.29) is 5.41 Å². The third-order valence-corrected chi connectivity index (χ3v) is 3.86. The molecule has 0 fully saturated rings. The maximum absolute atomic E-state index is 5.51. The quantitative estimate of drug-likeness (QED) is 0.867. The van der Waals surface area contributed by atoms with E-state index in [9.17, 15) is 0 Å². The number of rotatable bonds is 2. The van der Waals surface area contributed by atoms with Gasteiger partial charge in [0.05, 0.1) is 7.11 Å². The summed E-state index contributed by atoms with van der Waals surface area (Å²) in [7, 11) is 1.73. The summed E-state index contributed by atoms with van der Waals surface area (Å²) >= 11 is 0. The van der Waals surface area contributed by atoms with E-state index in [4.69, 9.17) is 4.74 Å². The van der Waals surface area contributed by atoms with Gasteiger partial charge < -0.3 is 10.1 Å². The van der Waals surface area contributed by atoms with Gasteiger partial charge in [-0.3, -0.25) is 0 Å². The largest absolute Gasteiger partial charge is 0.496 e. The van der Waals surface area contributed by atoms with Gasteiger partial charge in [-0.1, -0.05) is 36.4 Å². The Bertz CT molecular complexity index is 579. The minimum atomic E-state index is -0.0246. The highest BCUT2D eigenvalue weighted by molar-refractivity contribution is 5.65. The van der Waals surface area contributed by atoms with Crippen LogP contribution in [0.15, 0.2) is 48.5 Å². The van der Waals surface area contributed by atoms with Crippen molar-refractivity contribution < 1.29 is 4.74 Å². The van der Waals surface area contributed by atoms with Crippen molar-refractivity contribution in [1.82, 2.24) is 0 Å². The average molecular weight is 239 g/mol. The highest BCUT2D eigenvalue weighted by Crippen LogP contribution is 2.44. The van der Waals surface area contributed by atoms with Crippen LogP contribution in [0.1, 0.15) is 18.1 Å². The fraction of sp³-hybridized carbons (Fsp3) is 0.250. The Hall–Kier alpha value is -1.96. The Labute approximate surface area is 108 Å². The number of methoxy groups -OCH3 is 1. The first-order valence-electron chi connectivity index (χ1n) is 6.22. The van der Waals surface area contributed by atoms with Crippen LogP contribution in [0, 0.1) is 0 Å². The van der Waals surface area contributed by atoms with E-state index in [1.807, 2.05) is 12.1 Å². The molecule has 0 amide bonds. The maximum Gasteiger partial charge on any atom is 0.123 e. The summed E-state index contributed by atoms with van der Waals surface area (Å²) in [6.45, 7) is 3.18. The van der Waals surface area contributed by atoms with Gasteiger partial charge in [-0.15, -0.1) is 0 Å². The van der Waals surface area contributed by atoms with E-state index < -0.39 is 0 Å². The number of benzene rings is 2. The zero-order valence-electron chi connectivity index (χ0n) is 10.7. The van der Waals surface area contributed by atoms with Crippen LogP contribution in [0.3, 0.4) is 0 Å². The standard InChI is InChI=1S/C16H17NO/c1-16(13-8-4-6-10-15(13)18-2)11-17-14-9-5-3-7-12(14)16/h3-10,17H,11H2,1-2H3. The zero-order valence-corrected chi connectivity index (χ0v) is 10.7. The second-order valence-electron chi connectivity index (χ2n) is 4.93. The number of anilines is 1. The van der Waals surface area contributed by atoms with Gasteiger partial charge in [0.25, 0.3) is 0 Å². The van der Waals surface area contributed by atoms with Gasteiger partial charge in [0.1, 0.15) is 5.75 Å². The first kappa shape index (κ1) is 11.1. The molecule has 0 bridgehead atoms. The van der Waals surface area contributed by atoms with Crippen molar-refractivity contribution in [1.29, 1.82) is 0 Å². The lowest BCUT2D eigenvalue weighted by molar-refractivity contribution is 0.401. The van der Waals surface area contributed by atoms with Crippen molar-refractivity contribution in [3.63, 3.8) is 0 Å². The van der Waals surface area contributed by atoms with Gasteiger partial charge in [-0.2, -0.15) is 0 Å². The van der Waals surface area contributed by atoms with Gasteiger partial charge in [0, 0.05) is 23.2 Å². The molecule has 0 radical (unpaired) electrons. The van der Waals surface area contributed by atoms with Gasteiger partial charge in [-0.05, 0) is 24.6 Å². The summed E-state index contributed by atoms with van der Waals surface area (Å²) < 4.78 is 5.51. The summed E-state index contributed by atoms with van der Waals surface area (Å²) in [6.07, 6.45) is 0. The molecule has 0 saturated carbocycles. The molecule has 1 unspecified atom stereocenters. The van der Waals surface area contributed by atoms with Crippen LogP contribution >= 0.6 is 0 Å². The number of hydrogen-bond acceptors (Lipinski definition) is 2. The molecule has 0 spiro atoms. The molecule has 1 atom stereocenters. The number of para-hydroxylation sites is 2. The smallest absolute Gasteiger partial charge is 0.123 e. The predicted molar refractivity (Wildman–Crippen MR) is 74.4 cm³/mol. The number of hydrogen-bond donors (Lipinski definition) is 1. The van der Waals surface area contributed by atoms with Gasteiger partial charge in [0.2, 0.25) is 0 Å². The molecule has 1 N–H and O–H groups in total. The van der Waals surface area contributed by atoms with Crippen molar-refractivity contribution in [2.24, 2.45) is 0 Å². The van der Waals surface area contributed by atoms with Gasteiger partial charge >= 0.3 is 0 Å². The molecule has 2 nitrogen and oxygen atoms in total. The van der Waals surface area contributed by atoms with Crippen LogP contribution in [0.5, 0.6) is 5.75 Å². The third kappa shape index (κ3) is 1.49. The van der Waals surface area contributed by atoms with Crippen LogP contribution in [-0.4, -0.2) is 13.7 Å². The topological polar surface area (TPSA) is 21.3 Å². The van der Waals surface area contributed by atoms with Crippen molar-refractivity contribution in [3.05, 3.63) is 59.7 Å². The molecular formula is C16H17NO. The van der Waals surface area contributed by atoms with Crippen LogP contribution in [0.25, 0.3) is 0 Å². The summed E-state index contributed by atoms with van der Waals surface area (Å²) in [6, 6.07) is 16.8. The molecule has 2 aromatic rings. The highest BCUT2D eigenvalue weighted by atomic mass is 16.5. The Kier molecular flexibility index (Phi) is 2.51. The molecule has 2 aromatic carbocycles. The fourth-order valence-corrected chi connectivity index (χ4v) is 2.83. The normalized spacial score (nSPS) is 21.2. The molecule has 1 aliphatic rings. The van der Waals surface area contributed by atoms with Crippen molar-refractivity contribution >= 4 is 5.69 Å². The predicted octanol–water partition coefficient (Wildman–Crippen LogP) is 3.43. The monoisotopic (exact) mass is 239 g/mol. The van der Waals surface area contributed by atoms with Crippen molar-refractivity contribution in [3.8, 4) is 5.75 Å². The summed E-state index contributed by atoms with van der Waals surface area (Å²) in [5.74, 6) is 0.957. The Morgan fingerprint density at radius 3 is 2.44 bits per heavy atom. The fourth-order valence-electron chi connectivity index (χ4n) is 2.83. The Morgan fingerprint density at radius 1 is 1.00 bits per heavy atom. The van der Waals surface area contributed by atoms with Crippen LogP contribution in [0.4, 0.5) is 5.69 Å². The van der Waals surface area contributed by atoms with Crippen molar-refractivity contribution in [2.75, 3.05) is 19.0 Å². The SMILES string of the molecule is COc1ccccc1C1(C)CNc2ccccc21. The van der Waals surface area contributed by atoms with Gasteiger partial charge in [0.15, 0.2) is 0 Å². The number of fused-ring (bicyclic) bond motifs is 1. The number of nitrogens with one attached hydrogen (secondary N) is 1. The average Bonchev–Trinajstić information content (AvgIpc) is 2.78. The van der Waals surface area contributed by atoms with Gasteiger partial charge in [-0.25, -0.2) is 0 Å². The van der Waals surface area contributed by atoms with Crippen LogP contribution < -0.4 is 10.1 Å². The number of ether oxygens (including phenoxy) is 1.